The van der Waals surface area contributed by atoms with E-state index in [9.17, 15) is 18.0 Å². The Labute approximate surface area is 159 Å². The van der Waals surface area contributed by atoms with Crippen molar-refractivity contribution >= 4 is 30.4 Å². The summed E-state index contributed by atoms with van der Waals surface area (Å²) < 4.78 is 39.8. The molecule has 5 nitrogen and oxygen atoms in total. The summed E-state index contributed by atoms with van der Waals surface area (Å²) in [5.74, 6) is -0.681. The van der Waals surface area contributed by atoms with Crippen LogP contribution in [0.25, 0.3) is 0 Å². The molecule has 1 fully saturated rings. The molecule has 2 aliphatic rings. The summed E-state index contributed by atoms with van der Waals surface area (Å²) in [5.41, 5.74) is 0.694. The smallest absolute Gasteiger partial charge is 0.341 e. The van der Waals surface area contributed by atoms with Crippen LogP contribution in [0.15, 0.2) is 68.6 Å². The molecule has 1 aliphatic heterocycles. The number of alkyl halides is 3. The quantitative estimate of drug-likeness (QED) is 0.360. The minimum Gasteiger partial charge on any atom is -0.341 e. The predicted molar refractivity (Wildman–Crippen MR) is 100 cm³/mol. The maximum Gasteiger partial charge on any atom is 0.431 e. The molecule has 1 aromatic rings. The molecule has 27 heavy (non-hydrogen) atoms. The molecule has 1 heterocycles. The Morgan fingerprint density at radius 3 is 2.56 bits per heavy atom. The number of rotatable bonds is 3. The van der Waals surface area contributed by atoms with Crippen LogP contribution < -0.4 is 16.0 Å². The highest BCUT2D eigenvalue weighted by atomic mass is 32.1. The average Bonchev–Trinajstić information content (AvgIpc) is 3.45. The number of para-hydroxylation sites is 1. The third kappa shape index (κ3) is 4.54. The van der Waals surface area contributed by atoms with Crippen LogP contribution in [0, 0.1) is 0 Å². The number of hydrogen-bond donors (Lipinski definition) is 4. The number of amides is 1. The summed E-state index contributed by atoms with van der Waals surface area (Å²) in [7, 11) is 1.43. The van der Waals surface area contributed by atoms with Gasteiger partial charge in [-0.3, -0.25) is 9.79 Å². The molecule has 142 valence electrons. The molecule has 0 saturated heterocycles. The van der Waals surface area contributed by atoms with Gasteiger partial charge in [0.25, 0.3) is 5.91 Å². The minimum atomic E-state index is -4.57. The molecule has 1 aromatic carbocycles. The van der Waals surface area contributed by atoms with Gasteiger partial charge in [0.1, 0.15) is 11.5 Å². The summed E-state index contributed by atoms with van der Waals surface area (Å²) in [4.78, 5) is 17.1. The van der Waals surface area contributed by atoms with Crippen LogP contribution in [0.2, 0.25) is 0 Å². The fourth-order valence-corrected chi connectivity index (χ4v) is 2.68. The van der Waals surface area contributed by atoms with Gasteiger partial charge in [0.15, 0.2) is 0 Å². The van der Waals surface area contributed by atoms with E-state index in [4.69, 9.17) is 0 Å². The van der Waals surface area contributed by atoms with Crippen LogP contribution in [0.1, 0.15) is 12.8 Å². The lowest BCUT2D eigenvalue weighted by molar-refractivity contribution is -0.112. The molecular formula is C18H17F3N4OS. The molecule has 0 spiro atoms. The van der Waals surface area contributed by atoms with Crippen LogP contribution in [0.5, 0.6) is 0 Å². The number of aliphatic imine (C=N–C) groups is 1. The fourth-order valence-electron chi connectivity index (χ4n) is 2.46. The number of hydrogen-bond acceptors (Lipinski definition) is 5. The summed E-state index contributed by atoms with van der Waals surface area (Å²) in [6.07, 6.45) is -0.883. The van der Waals surface area contributed by atoms with Crippen LogP contribution in [-0.4, -0.2) is 25.3 Å². The number of thiol groups is 1. The zero-order valence-electron chi connectivity index (χ0n) is 14.3. The van der Waals surface area contributed by atoms with Crippen LogP contribution >= 0.6 is 12.6 Å². The highest BCUT2D eigenvalue weighted by Gasteiger charge is 2.38. The predicted octanol–water partition coefficient (Wildman–Crippen LogP) is 3.51. The zero-order valence-corrected chi connectivity index (χ0v) is 15.2. The molecule has 0 bridgehead atoms. The van der Waals surface area contributed by atoms with Gasteiger partial charge >= 0.3 is 6.18 Å². The number of carbonyl (C=O) groups is 1. The van der Waals surface area contributed by atoms with Crippen molar-refractivity contribution in [3.8, 4) is 0 Å². The van der Waals surface area contributed by atoms with E-state index in [1.54, 1.807) is 24.3 Å². The Kier molecular flexibility index (Phi) is 5.31. The lowest BCUT2D eigenvalue weighted by Crippen LogP contribution is -2.39. The summed E-state index contributed by atoms with van der Waals surface area (Å²) in [6, 6.07) is 6.81. The van der Waals surface area contributed by atoms with Crippen LogP contribution in [-0.2, 0) is 4.79 Å². The highest BCUT2D eigenvalue weighted by Crippen LogP contribution is 2.35. The topological polar surface area (TPSA) is 65.5 Å². The van der Waals surface area contributed by atoms with Crippen molar-refractivity contribution in [2.24, 2.45) is 4.99 Å². The van der Waals surface area contributed by atoms with Crippen molar-refractivity contribution in [3.05, 3.63) is 58.7 Å². The summed E-state index contributed by atoms with van der Waals surface area (Å²) >= 11 is 4.26. The third-order valence-electron chi connectivity index (χ3n) is 3.92. The van der Waals surface area contributed by atoms with E-state index in [1.165, 1.54) is 13.3 Å². The molecule has 1 aliphatic carbocycles. The van der Waals surface area contributed by atoms with Crippen molar-refractivity contribution in [1.29, 1.82) is 0 Å². The van der Waals surface area contributed by atoms with E-state index >= 15 is 0 Å². The molecule has 3 N–H and O–H groups in total. The van der Waals surface area contributed by atoms with Gasteiger partial charge in [-0.2, -0.15) is 13.2 Å². The Bertz CT molecular complexity index is 894. The average molecular weight is 394 g/mol. The van der Waals surface area contributed by atoms with Crippen molar-refractivity contribution < 1.29 is 18.0 Å². The third-order valence-corrected chi connectivity index (χ3v) is 4.31. The molecule has 1 amide bonds. The van der Waals surface area contributed by atoms with E-state index in [-0.39, 0.29) is 11.4 Å². The van der Waals surface area contributed by atoms with E-state index in [2.05, 4.69) is 33.6 Å². The van der Waals surface area contributed by atoms with Gasteiger partial charge in [-0.15, -0.1) is 12.6 Å². The first-order valence-electron chi connectivity index (χ1n) is 8.10. The van der Waals surface area contributed by atoms with Gasteiger partial charge in [0.2, 0.25) is 0 Å². The van der Waals surface area contributed by atoms with Gasteiger partial charge in [-0.05, 0) is 36.6 Å². The van der Waals surface area contributed by atoms with Gasteiger partial charge < -0.3 is 16.0 Å². The fraction of sp³-hybridized carbons (Fsp3) is 0.222. The maximum absolute atomic E-state index is 13.3. The van der Waals surface area contributed by atoms with Crippen LogP contribution in [0.4, 0.5) is 18.9 Å². The number of nitrogens with one attached hydrogen (secondary N) is 3. The number of halogens is 3. The van der Waals surface area contributed by atoms with Crippen molar-refractivity contribution in [2.45, 2.75) is 23.9 Å². The number of allylic oxidation sites excluding steroid dienone is 3. The monoisotopic (exact) mass is 394 g/mol. The zero-order chi connectivity index (χ0) is 19.6. The van der Waals surface area contributed by atoms with Gasteiger partial charge in [-0.1, -0.05) is 12.1 Å². The molecular weight excluding hydrogens is 377 g/mol. The number of anilines is 1. The van der Waals surface area contributed by atoms with Crippen molar-refractivity contribution in [1.82, 2.24) is 10.6 Å². The second-order valence-electron chi connectivity index (χ2n) is 5.97. The molecule has 0 radical (unpaired) electrons. The lowest BCUT2D eigenvalue weighted by atomic mass is 10.1. The SMILES string of the molecule is CN=C/C(C(=O)Nc1ccccc1S)=C1\NC(C(F)(F)F)=CC(=C2CC2)N1. The Balaban J connectivity index is 1.98. The van der Waals surface area contributed by atoms with Gasteiger partial charge in [0.05, 0.1) is 11.3 Å². The second-order valence-corrected chi connectivity index (χ2v) is 6.45. The number of benzene rings is 1. The summed E-state index contributed by atoms with van der Waals surface area (Å²) in [5, 5.41) is 7.80. The lowest BCUT2D eigenvalue weighted by Gasteiger charge is -2.25. The van der Waals surface area contributed by atoms with E-state index in [0.717, 1.165) is 24.5 Å². The first-order chi connectivity index (χ1) is 12.8. The second kappa shape index (κ2) is 7.51. The molecule has 0 unspecified atom stereocenters. The highest BCUT2D eigenvalue weighted by molar-refractivity contribution is 7.80. The van der Waals surface area contributed by atoms with Crippen LogP contribution in [0.3, 0.4) is 0 Å². The first kappa shape index (κ1) is 19.1. The molecule has 1 saturated carbocycles. The molecule has 0 atom stereocenters. The standard InChI is InChI=1S/C18H17F3N4OS/c1-22-9-11(17(26)24-12-4-2-3-5-14(12)27)16-23-13(10-6-7-10)8-15(25-16)18(19,20)21/h2-5,8-9,23,25,27H,6-7H2,1H3,(H,24,26)/b16-11+,22-9?. The van der Waals surface area contributed by atoms with Crippen molar-refractivity contribution in [3.63, 3.8) is 0 Å². The number of carbonyl (C=O) groups excluding carboxylic acids is 1. The summed E-state index contributed by atoms with van der Waals surface area (Å²) in [6.45, 7) is 0. The van der Waals surface area contributed by atoms with E-state index < -0.39 is 17.8 Å². The van der Waals surface area contributed by atoms with Gasteiger partial charge in [0, 0.05) is 23.9 Å². The molecule has 3 rings (SSSR count). The molecule has 0 aromatic heterocycles. The molecule has 9 heteroatoms. The Hall–Kier alpha value is -2.68. The Morgan fingerprint density at radius 2 is 1.96 bits per heavy atom. The van der Waals surface area contributed by atoms with E-state index in [1.807, 2.05) is 0 Å². The Morgan fingerprint density at radius 1 is 1.26 bits per heavy atom. The normalized spacial score (nSPS) is 18.6. The largest absolute Gasteiger partial charge is 0.431 e. The van der Waals surface area contributed by atoms with Gasteiger partial charge in [-0.25, -0.2) is 0 Å². The van der Waals surface area contributed by atoms with Crippen molar-refractivity contribution in [2.75, 3.05) is 12.4 Å². The number of nitrogens with zero attached hydrogens (tertiary/aromatic N) is 1. The first-order valence-corrected chi connectivity index (χ1v) is 8.55. The van der Waals surface area contributed by atoms with E-state index in [0.29, 0.717) is 16.3 Å². The maximum atomic E-state index is 13.3. The minimum absolute atomic E-state index is 0.0531.